The van der Waals surface area contributed by atoms with Gasteiger partial charge in [0, 0.05) is 5.69 Å². The second kappa shape index (κ2) is 6.82. The predicted molar refractivity (Wildman–Crippen MR) is 82.1 cm³/mol. The average molecular weight is 312 g/mol. The topological polar surface area (TPSA) is 42.1 Å². The normalized spacial score (nSPS) is 10.6. The first kappa shape index (κ1) is 14.9. The number of halogens is 2. The third-order valence-corrected chi connectivity index (χ3v) is 3.67. The third kappa shape index (κ3) is 3.78. The molecule has 0 aliphatic rings. The number of ether oxygens (including phenoxy) is 1. The Labute approximate surface area is 127 Å². The van der Waals surface area contributed by atoms with E-state index in [1.54, 1.807) is 7.11 Å². The smallest absolute Gasteiger partial charge is 0.267 e. The molecule has 0 unspecified atom stereocenters. The van der Waals surface area contributed by atoms with Gasteiger partial charge in [-0.05, 0) is 43.0 Å². The van der Waals surface area contributed by atoms with Crippen LogP contribution >= 0.6 is 23.2 Å². The Morgan fingerprint density at radius 1 is 1.15 bits per heavy atom. The quantitative estimate of drug-likeness (QED) is 0.911. The summed E-state index contributed by atoms with van der Waals surface area (Å²) in [5.74, 6) is 0.848. The number of aromatic amines is 1. The molecule has 5 heteroatoms. The maximum absolute atomic E-state index is 11.4. The molecule has 0 saturated heterocycles. The Hall–Kier alpha value is -1.45. The standard InChI is InChI=1S/C15H15Cl2NO2/c1-20-11-6-2-4-10(8-11)5-3-7-14-12(16)9-13(17)15(19)18-14/h2,4,6,8-9H,3,5,7H2,1H3,(H,18,19). The van der Waals surface area contributed by atoms with Gasteiger partial charge in [-0.25, -0.2) is 0 Å². The van der Waals surface area contributed by atoms with Crippen molar-refractivity contribution in [2.45, 2.75) is 19.3 Å². The number of nitrogens with one attached hydrogen (secondary N) is 1. The van der Waals surface area contributed by atoms with Crippen LogP contribution in [0.1, 0.15) is 17.7 Å². The Kier molecular flexibility index (Phi) is 5.10. The first-order chi connectivity index (χ1) is 9.60. The molecule has 1 N–H and O–H groups in total. The third-order valence-electron chi connectivity index (χ3n) is 3.05. The molecule has 3 nitrogen and oxygen atoms in total. The molecule has 0 radical (unpaired) electrons. The molecule has 0 aliphatic heterocycles. The molecule has 2 aromatic rings. The van der Waals surface area contributed by atoms with Crippen LogP contribution in [0.4, 0.5) is 0 Å². The minimum absolute atomic E-state index is 0.117. The van der Waals surface area contributed by atoms with E-state index in [4.69, 9.17) is 27.9 Å². The largest absolute Gasteiger partial charge is 0.497 e. The SMILES string of the molecule is COc1cccc(CCCc2[nH]c(=O)c(Cl)cc2Cl)c1. The predicted octanol–water partition coefficient (Wildman–Crippen LogP) is 3.87. The summed E-state index contributed by atoms with van der Waals surface area (Å²) in [6, 6.07) is 9.42. The summed E-state index contributed by atoms with van der Waals surface area (Å²) in [5.41, 5.74) is 1.62. The summed E-state index contributed by atoms with van der Waals surface area (Å²) in [4.78, 5) is 14.2. The number of methoxy groups -OCH3 is 1. The molecular formula is C15H15Cl2NO2. The number of benzene rings is 1. The van der Waals surface area contributed by atoms with Crippen LogP contribution in [-0.4, -0.2) is 12.1 Å². The van der Waals surface area contributed by atoms with Gasteiger partial charge >= 0.3 is 0 Å². The molecule has 20 heavy (non-hydrogen) atoms. The van der Waals surface area contributed by atoms with Crippen molar-refractivity contribution in [1.29, 1.82) is 0 Å². The summed E-state index contributed by atoms with van der Waals surface area (Å²) < 4.78 is 5.18. The van der Waals surface area contributed by atoms with Gasteiger partial charge < -0.3 is 9.72 Å². The Bertz CT molecular complexity index is 653. The zero-order valence-electron chi connectivity index (χ0n) is 11.1. The van der Waals surface area contributed by atoms with E-state index in [0.29, 0.717) is 11.4 Å². The molecule has 0 fully saturated rings. The van der Waals surface area contributed by atoms with Crippen molar-refractivity contribution < 1.29 is 4.74 Å². The lowest BCUT2D eigenvalue weighted by atomic mass is 10.1. The lowest BCUT2D eigenvalue weighted by Gasteiger charge is -2.06. The minimum atomic E-state index is -0.299. The van der Waals surface area contributed by atoms with Crippen LogP contribution in [0.5, 0.6) is 5.75 Å². The molecule has 0 spiro atoms. The van der Waals surface area contributed by atoms with E-state index in [1.807, 2.05) is 18.2 Å². The highest BCUT2D eigenvalue weighted by molar-refractivity contribution is 6.34. The van der Waals surface area contributed by atoms with Gasteiger partial charge in [0.25, 0.3) is 5.56 Å². The lowest BCUT2D eigenvalue weighted by Crippen LogP contribution is -2.10. The van der Waals surface area contributed by atoms with E-state index in [0.717, 1.165) is 24.3 Å². The van der Waals surface area contributed by atoms with Crippen molar-refractivity contribution in [3.05, 3.63) is 62.0 Å². The van der Waals surface area contributed by atoms with E-state index >= 15 is 0 Å². The van der Waals surface area contributed by atoms with Crippen LogP contribution in [0.3, 0.4) is 0 Å². The van der Waals surface area contributed by atoms with Crippen LogP contribution in [0.25, 0.3) is 0 Å². The molecule has 1 aromatic heterocycles. The number of pyridine rings is 1. The average Bonchev–Trinajstić information content (AvgIpc) is 2.44. The number of hydrogen-bond acceptors (Lipinski definition) is 2. The van der Waals surface area contributed by atoms with Crippen LogP contribution in [-0.2, 0) is 12.8 Å². The van der Waals surface area contributed by atoms with Gasteiger partial charge in [0.1, 0.15) is 10.8 Å². The fourth-order valence-corrected chi connectivity index (χ4v) is 2.46. The molecular weight excluding hydrogens is 297 g/mol. The van der Waals surface area contributed by atoms with Gasteiger partial charge in [0.2, 0.25) is 0 Å². The second-order valence-corrected chi connectivity index (χ2v) is 5.29. The van der Waals surface area contributed by atoms with Gasteiger partial charge in [-0.15, -0.1) is 0 Å². The Morgan fingerprint density at radius 3 is 2.70 bits per heavy atom. The van der Waals surface area contributed by atoms with Gasteiger partial charge in [-0.2, -0.15) is 0 Å². The summed E-state index contributed by atoms with van der Waals surface area (Å²) in [6.45, 7) is 0. The van der Waals surface area contributed by atoms with E-state index < -0.39 is 0 Å². The fraction of sp³-hybridized carbons (Fsp3) is 0.267. The highest BCUT2D eigenvalue weighted by Crippen LogP contribution is 2.19. The zero-order valence-corrected chi connectivity index (χ0v) is 12.6. The second-order valence-electron chi connectivity index (χ2n) is 4.48. The zero-order chi connectivity index (χ0) is 14.5. The summed E-state index contributed by atoms with van der Waals surface area (Å²) in [6.07, 6.45) is 2.46. The van der Waals surface area contributed by atoms with Crippen molar-refractivity contribution in [2.24, 2.45) is 0 Å². The molecule has 1 heterocycles. The molecule has 0 aliphatic carbocycles. The Balaban J connectivity index is 1.99. The molecule has 0 saturated carbocycles. The van der Waals surface area contributed by atoms with Gasteiger partial charge in [-0.3, -0.25) is 4.79 Å². The first-order valence-electron chi connectivity index (χ1n) is 6.30. The highest BCUT2D eigenvalue weighted by Gasteiger charge is 2.05. The highest BCUT2D eigenvalue weighted by atomic mass is 35.5. The summed E-state index contributed by atoms with van der Waals surface area (Å²) >= 11 is 11.8. The number of hydrogen-bond donors (Lipinski definition) is 1. The number of aryl methyl sites for hydroxylation is 2. The first-order valence-corrected chi connectivity index (χ1v) is 7.06. The van der Waals surface area contributed by atoms with E-state index in [-0.39, 0.29) is 10.6 Å². The van der Waals surface area contributed by atoms with Crippen molar-refractivity contribution in [1.82, 2.24) is 4.98 Å². The van der Waals surface area contributed by atoms with Crippen LogP contribution in [0.15, 0.2) is 35.1 Å². The molecule has 2 rings (SSSR count). The molecule has 1 aromatic carbocycles. The van der Waals surface area contributed by atoms with E-state index in [2.05, 4.69) is 11.1 Å². The van der Waals surface area contributed by atoms with Crippen molar-refractivity contribution in [3.8, 4) is 5.75 Å². The van der Waals surface area contributed by atoms with Crippen LogP contribution in [0, 0.1) is 0 Å². The van der Waals surface area contributed by atoms with Crippen molar-refractivity contribution >= 4 is 23.2 Å². The van der Waals surface area contributed by atoms with Crippen molar-refractivity contribution in [2.75, 3.05) is 7.11 Å². The van der Waals surface area contributed by atoms with Crippen LogP contribution in [0.2, 0.25) is 10.0 Å². The van der Waals surface area contributed by atoms with E-state index in [1.165, 1.54) is 11.6 Å². The summed E-state index contributed by atoms with van der Waals surface area (Å²) in [7, 11) is 1.65. The van der Waals surface area contributed by atoms with Gasteiger partial charge in [0.05, 0.1) is 12.1 Å². The van der Waals surface area contributed by atoms with Gasteiger partial charge in [-0.1, -0.05) is 35.3 Å². The summed E-state index contributed by atoms with van der Waals surface area (Å²) in [5, 5.41) is 0.617. The Morgan fingerprint density at radius 2 is 1.95 bits per heavy atom. The molecule has 106 valence electrons. The molecule has 0 amide bonds. The van der Waals surface area contributed by atoms with Crippen LogP contribution < -0.4 is 10.3 Å². The monoisotopic (exact) mass is 311 g/mol. The fourth-order valence-electron chi connectivity index (χ4n) is 2.00. The lowest BCUT2D eigenvalue weighted by molar-refractivity contribution is 0.414. The maximum atomic E-state index is 11.4. The number of rotatable bonds is 5. The van der Waals surface area contributed by atoms with E-state index in [9.17, 15) is 4.79 Å². The number of H-pyrrole nitrogens is 1. The minimum Gasteiger partial charge on any atom is -0.497 e. The van der Waals surface area contributed by atoms with Gasteiger partial charge in [0.15, 0.2) is 0 Å². The number of aromatic nitrogens is 1. The molecule has 0 atom stereocenters. The van der Waals surface area contributed by atoms with Crippen molar-refractivity contribution in [3.63, 3.8) is 0 Å². The maximum Gasteiger partial charge on any atom is 0.267 e. The molecule has 0 bridgehead atoms.